The maximum absolute atomic E-state index is 11.5. The average molecular weight is 270 g/mol. The maximum Gasteiger partial charge on any atom is 0.321 e. The molecule has 0 fully saturated rings. The van der Waals surface area contributed by atoms with E-state index in [-0.39, 0.29) is 12.1 Å². The summed E-state index contributed by atoms with van der Waals surface area (Å²) in [5.74, 6) is 0. The van der Waals surface area contributed by atoms with Crippen molar-refractivity contribution in [3.8, 4) is 0 Å². The minimum Gasteiger partial charge on any atom is -0.336 e. The molecule has 90 valence electrons. The van der Waals surface area contributed by atoms with Crippen LogP contribution >= 0.6 is 22.9 Å². The van der Waals surface area contributed by atoms with Crippen molar-refractivity contribution in [3.63, 3.8) is 0 Å². The van der Waals surface area contributed by atoms with Crippen LogP contribution in [0.3, 0.4) is 0 Å². The second-order valence-corrected chi connectivity index (χ2v) is 5.35. The van der Waals surface area contributed by atoms with Gasteiger partial charge in [-0.1, -0.05) is 22.9 Å². The first-order valence-electron chi connectivity index (χ1n) is 5.18. The molecule has 0 aliphatic heterocycles. The fourth-order valence-electron chi connectivity index (χ4n) is 1.35. The van der Waals surface area contributed by atoms with Crippen LogP contribution in [0.4, 0.5) is 9.93 Å². The molecule has 1 aromatic carbocycles. The molecule has 0 bridgehead atoms. The SMILES string of the molecule is CC(C)NC(=O)Nc1nc2ccc(Cl)cc2s1. The molecule has 1 heterocycles. The number of rotatable bonds is 2. The van der Waals surface area contributed by atoms with E-state index in [0.717, 1.165) is 10.2 Å². The van der Waals surface area contributed by atoms with Crippen LogP contribution in [0.2, 0.25) is 5.02 Å². The Morgan fingerprint density at radius 2 is 2.24 bits per heavy atom. The number of halogens is 1. The summed E-state index contributed by atoms with van der Waals surface area (Å²) in [6.07, 6.45) is 0. The van der Waals surface area contributed by atoms with Crippen molar-refractivity contribution in [1.29, 1.82) is 0 Å². The molecule has 2 rings (SSSR count). The van der Waals surface area contributed by atoms with Gasteiger partial charge in [-0.3, -0.25) is 5.32 Å². The van der Waals surface area contributed by atoms with E-state index >= 15 is 0 Å². The number of fused-ring (bicyclic) bond motifs is 1. The first kappa shape index (κ1) is 12.1. The predicted molar refractivity (Wildman–Crippen MR) is 71.9 cm³/mol. The largest absolute Gasteiger partial charge is 0.336 e. The van der Waals surface area contributed by atoms with Crippen molar-refractivity contribution < 1.29 is 4.79 Å². The normalized spacial score (nSPS) is 10.8. The summed E-state index contributed by atoms with van der Waals surface area (Å²) in [5, 5.41) is 6.67. The molecule has 0 unspecified atom stereocenters. The van der Waals surface area contributed by atoms with Crippen molar-refractivity contribution in [3.05, 3.63) is 23.2 Å². The minimum atomic E-state index is -0.245. The third-order valence-electron chi connectivity index (χ3n) is 1.99. The number of carbonyl (C=O) groups excluding carboxylic acids is 1. The number of carbonyl (C=O) groups is 1. The van der Waals surface area contributed by atoms with E-state index in [1.807, 2.05) is 26.0 Å². The monoisotopic (exact) mass is 269 g/mol. The average Bonchev–Trinajstić information content (AvgIpc) is 2.57. The highest BCUT2D eigenvalue weighted by Gasteiger charge is 2.08. The van der Waals surface area contributed by atoms with Crippen LogP contribution in [-0.2, 0) is 0 Å². The van der Waals surface area contributed by atoms with Gasteiger partial charge in [0.2, 0.25) is 0 Å². The number of anilines is 1. The van der Waals surface area contributed by atoms with E-state index < -0.39 is 0 Å². The highest BCUT2D eigenvalue weighted by atomic mass is 35.5. The third-order valence-corrected chi connectivity index (χ3v) is 3.16. The maximum atomic E-state index is 11.5. The molecule has 0 atom stereocenters. The molecule has 0 saturated heterocycles. The summed E-state index contributed by atoms with van der Waals surface area (Å²) in [7, 11) is 0. The fraction of sp³-hybridized carbons (Fsp3) is 0.273. The van der Waals surface area contributed by atoms with Crippen LogP contribution in [0.1, 0.15) is 13.8 Å². The standard InChI is InChI=1S/C11H12ClN3OS/c1-6(2)13-10(16)15-11-14-8-4-3-7(12)5-9(8)17-11/h3-6H,1-2H3,(H2,13,14,15,16). The molecule has 6 heteroatoms. The topological polar surface area (TPSA) is 54.0 Å². The Kier molecular flexibility index (Phi) is 3.49. The molecule has 2 aromatic rings. The zero-order valence-electron chi connectivity index (χ0n) is 9.45. The second-order valence-electron chi connectivity index (χ2n) is 3.88. The zero-order valence-corrected chi connectivity index (χ0v) is 11.0. The number of hydrogen-bond donors (Lipinski definition) is 2. The quantitative estimate of drug-likeness (QED) is 0.877. The molecule has 0 saturated carbocycles. The molecule has 2 N–H and O–H groups in total. The first-order valence-corrected chi connectivity index (χ1v) is 6.37. The van der Waals surface area contributed by atoms with E-state index in [1.54, 1.807) is 6.07 Å². The van der Waals surface area contributed by atoms with Crippen LogP contribution in [0.15, 0.2) is 18.2 Å². The molecule has 0 aliphatic rings. The van der Waals surface area contributed by atoms with Crippen LogP contribution < -0.4 is 10.6 Å². The number of nitrogens with one attached hydrogen (secondary N) is 2. The van der Waals surface area contributed by atoms with Crippen LogP contribution in [0.5, 0.6) is 0 Å². The number of urea groups is 1. The van der Waals surface area contributed by atoms with Crippen LogP contribution in [0.25, 0.3) is 10.2 Å². The molecule has 2 amide bonds. The Balaban J connectivity index is 2.17. The minimum absolute atomic E-state index is 0.0961. The lowest BCUT2D eigenvalue weighted by Crippen LogP contribution is -2.34. The Morgan fingerprint density at radius 1 is 1.47 bits per heavy atom. The van der Waals surface area contributed by atoms with Gasteiger partial charge in [-0.05, 0) is 32.0 Å². The lowest BCUT2D eigenvalue weighted by Gasteiger charge is -2.07. The van der Waals surface area contributed by atoms with Gasteiger partial charge in [-0.2, -0.15) is 0 Å². The summed E-state index contributed by atoms with van der Waals surface area (Å²) in [6, 6.07) is 5.30. The van der Waals surface area contributed by atoms with E-state index in [4.69, 9.17) is 11.6 Å². The Hall–Kier alpha value is -1.33. The Bertz CT molecular complexity index is 553. The van der Waals surface area contributed by atoms with E-state index in [0.29, 0.717) is 10.2 Å². The summed E-state index contributed by atoms with van der Waals surface area (Å²) in [6.45, 7) is 3.80. The zero-order chi connectivity index (χ0) is 12.4. The van der Waals surface area contributed by atoms with E-state index in [9.17, 15) is 4.79 Å². The van der Waals surface area contributed by atoms with Crippen molar-refractivity contribution >= 4 is 44.3 Å². The van der Waals surface area contributed by atoms with Gasteiger partial charge in [0, 0.05) is 11.1 Å². The summed E-state index contributed by atoms with van der Waals surface area (Å²) >= 11 is 7.28. The van der Waals surface area contributed by atoms with Gasteiger partial charge in [0.15, 0.2) is 5.13 Å². The molecule has 0 aliphatic carbocycles. The Morgan fingerprint density at radius 3 is 2.94 bits per heavy atom. The lowest BCUT2D eigenvalue weighted by molar-refractivity contribution is 0.250. The number of benzene rings is 1. The van der Waals surface area contributed by atoms with Crippen LogP contribution in [0, 0.1) is 0 Å². The molecular formula is C11H12ClN3OS. The summed E-state index contributed by atoms with van der Waals surface area (Å²) in [5.41, 5.74) is 0.833. The van der Waals surface area contributed by atoms with E-state index in [1.165, 1.54) is 11.3 Å². The number of nitrogens with zero attached hydrogens (tertiary/aromatic N) is 1. The van der Waals surface area contributed by atoms with Gasteiger partial charge < -0.3 is 5.32 Å². The van der Waals surface area contributed by atoms with Crippen molar-refractivity contribution in [2.75, 3.05) is 5.32 Å². The number of thiazole rings is 1. The number of amides is 2. The molecule has 17 heavy (non-hydrogen) atoms. The molecule has 4 nitrogen and oxygen atoms in total. The number of hydrogen-bond acceptors (Lipinski definition) is 3. The highest BCUT2D eigenvalue weighted by Crippen LogP contribution is 2.28. The van der Waals surface area contributed by atoms with Crippen molar-refractivity contribution in [1.82, 2.24) is 10.3 Å². The smallest absolute Gasteiger partial charge is 0.321 e. The van der Waals surface area contributed by atoms with Crippen molar-refractivity contribution in [2.24, 2.45) is 0 Å². The third kappa shape index (κ3) is 3.08. The van der Waals surface area contributed by atoms with Gasteiger partial charge in [0.25, 0.3) is 0 Å². The van der Waals surface area contributed by atoms with Crippen molar-refractivity contribution in [2.45, 2.75) is 19.9 Å². The first-order chi connectivity index (χ1) is 8.04. The molecule has 1 aromatic heterocycles. The highest BCUT2D eigenvalue weighted by molar-refractivity contribution is 7.22. The van der Waals surface area contributed by atoms with Gasteiger partial charge in [0.1, 0.15) is 0 Å². The second kappa shape index (κ2) is 4.89. The van der Waals surface area contributed by atoms with Gasteiger partial charge >= 0.3 is 6.03 Å². The van der Waals surface area contributed by atoms with Crippen LogP contribution in [-0.4, -0.2) is 17.1 Å². The Labute approximate surface area is 108 Å². The summed E-state index contributed by atoms with van der Waals surface area (Å²) in [4.78, 5) is 15.8. The lowest BCUT2D eigenvalue weighted by atomic mass is 10.3. The van der Waals surface area contributed by atoms with Gasteiger partial charge in [-0.15, -0.1) is 0 Å². The van der Waals surface area contributed by atoms with Gasteiger partial charge in [0.05, 0.1) is 10.2 Å². The van der Waals surface area contributed by atoms with Gasteiger partial charge in [-0.25, -0.2) is 9.78 Å². The fourth-order valence-corrected chi connectivity index (χ4v) is 2.48. The summed E-state index contributed by atoms with van der Waals surface area (Å²) < 4.78 is 0.956. The molecule has 0 spiro atoms. The number of aromatic nitrogens is 1. The molecule has 0 radical (unpaired) electrons. The van der Waals surface area contributed by atoms with E-state index in [2.05, 4.69) is 15.6 Å². The predicted octanol–water partition coefficient (Wildman–Crippen LogP) is 3.48. The molecular weight excluding hydrogens is 258 g/mol.